The number of rotatable bonds is 4. The average Bonchev–Trinajstić information content (AvgIpc) is 3.21. The number of hydrogen-bond acceptors (Lipinski definition) is 3. The summed E-state index contributed by atoms with van der Waals surface area (Å²) in [5.74, 6) is 0. The third-order valence-electron chi connectivity index (χ3n) is 5.34. The lowest BCUT2D eigenvalue weighted by Crippen LogP contribution is -2.41. The number of para-hydroxylation sites is 1. The van der Waals surface area contributed by atoms with Gasteiger partial charge in [-0.3, -0.25) is 9.88 Å². The Kier molecular flexibility index (Phi) is 4.48. The van der Waals surface area contributed by atoms with Crippen LogP contribution in [0.25, 0.3) is 11.3 Å². The van der Waals surface area contributed by atoms with Crippen LogP contribution in [0.4, 0.5) is 5.69 Å². The van der Waals surface area contributed by atoms with Crippen LogP contribution in [0.1, 0.15) is 19.5 Å². The number of anilines is 1. The van der Waals surface area contributed by atoms with Crippen LogP contribution in [0.2, 0.25) is 0 Å². The zero-order chi connectivity index (χ0) is 18.0. The first-order chi connectivity index (χ1) is 12.6. The van der Waals surface area contributed by atoms with Gasteiger partial charge in [-0.1, -0.05) is 54.6 Å². The van der Waals surface area contributed by atoms with Gasteiger partial charge in [-0.25, -0.2) is 0 Å². The first-order valence-electron chi connectivity index (χ1n) is 9.22. The Balaban J connectivity index is 1.57. The van der Waals surface area contributed by atoms with Crippen LogP contribution in [-0.2, 0) is 5.54 Å². The standard InChI is InChI=1S/C23H25N3/c1-23(2,26-17-16-25(18-26)20-12-7-4-8-13-20)22-15-9-14-21(24-22)19-10-5-3-6-11-19/h3-15H,16-18H2,1-2H3. The minimum absolute atomic E-state index is 0.117. The monoisotopic (exact) mass is 343 g/mol. The Morgan fingerprint density at radius 1 is 0.769 bits per heavy atom. The molecule has 4 rings (SSSR count). The minimum Gasteiger partial charge on any atom is -0.357 e. The highest BCUT2D eigenvalue weighted by Crippen LogP contribution is 2.31. The van der Waals surface area contributed by atoms with E-state index in [0.29, 0.717) is 0 Å². The van der Waals surface area contributed by atoms with E-state index in [1.807, 2.05) is 6.07 Å². The van der Waals surface area contributed by atoms with Crippen LogP contribution < -0.4 is 4.90 Å². The fourth-order valence-corrected chi connectivity index (χ4v) is 3.60. The van der Waals surface area contributed by atoms with E-state index in [-0.39, 0.29) is 5.54 Å². The maximum Gasteiger partial charge on any atom is 0.0715 e. The number of hydrogen-bond donors (Lipinski definition) is 0. The number of aromatic nitrogens is 1. The summed E-state index contributed by atoms with van der Waals surface area (Å²) in [6.45, 7) is 7.57. The third kappa shape index (κ3) is 3.23. The van der Waals surface area contributed by atoms with Crippen LogP contribution in [0.5, 0.6) is 0 Å². The molecule has 1 aliphatic heterocycles. The number of benzene rings is 2. The maximum absolute atomic E-state index is 5.00. The maximum atomic E-state index is 5.00. The van der Waals surface area contributed by atoms with Crippen LogP contribution >= 0.6 is 0 Å². The van der Waals surface area contributed by atoms with Crippen molar-refractivity contribution in [2.45, 2.75) is 19.4 Å². The smallest absolute Gasteiger partial charge is 0.0715 e. The van der Waals surface area contributed by atoms with E-state index in [9.17, 15) is 0 Å². The molecule has 3 nitrogen and oxygen atoms in total. The van der Waals surface area contributed by atoms with Crippen LogP contribution in [0, 0.1) is 0 Å². The molecule has 0 atom stereocenters. The molecule has 1 aliphatic rings. The van der Waals surface area contributed by atoms with Crippen molar-refractivity contribution in [1.29, 1.82) is 0 Å². The summed E-state index contributed by atoms with van der Waals surface area (Å²) < 4.78 is 0. The molecule has 0 radical (unpaired) electrons. The van der Waals surface area contributed by atoms with Crippen molar-refractivity contribution in [3.8, 4) is 11.3 Å². The molecule has 0 unspecified atom stereocenters. The van der Waals surface area contributed by atoms with Gasteiger partial charge in [-0.2, -0.15) is 0 Å². The predicted octanol–water partition coefficient (Wildman–Crippen LogP) is 4.76. The van der Waals surface area contributed by atoms with Crippen molar-refractivity contribution in [1.82, 2.24) is 9.88 Å². The van der Waals surface area contributed by atoms with Gasteiger partial charge in [0.2, 0.25) is 0 Å². The van der Waals surface area contributed by atoms with Crippen molar-refractivity contribution < 1.29 is 0 Å². The summed E-state index contributed by atoms with van der Waals surface area (Å²) in [4.78, 5) is 9.94. The average molecular weight is 343 g/mol. The lowest BCUT2D eigenvalue weighted by molar-refractivity contribution is 0.152. The first-order valence-corrected chi connectivity index (χ1v) is 9.22. The molecule has 2 aromatic carbocycles. The van der Waals surface area contributed by atoms with E-state index in [4.69, 9.17) is 4.98 Å². The van der Waals surface area contributed by atoms with Crippen molar-refractivity contribution in [2.75, 3.05) is 24.7 Å². The largest absolute Gasteiger partial charge is 0.357 e. The van der Waals surface area contributed by atoms with Gasteiger partial charge in [0.1, 0.15) is 0 Å². The van der Waals surface area contributed by atoms with Crippen LogP contribution in [0.15, 0.2) is 78.9 Å². The Bertz CT molecular complexity index is 859. The second-order valence-corrected chi connectivity index (χ2v) is 7.34. The molecule has 3 heteroatoms. The molecule has 0 spiro atoms. The first kappa shape index (κ1) is 16.8. The minimum atomic E-state index is -0.117. The number of nitrogens with zero attached hydrogens (tertiary/aromatic N) is 3. The zero-order valence-electron chi connectivity index (χ0n) is 15.5. The second kappa shape index (κ2) is 6.93. The van der Waals surface area contributed by atoms with Gasteiger partial charge in [-0.05, 0) is 38.1 Å². The summed E-state index contributed by atoms with van der Waals surface area (Å²) in [7, 11) is 0. The Labute approximate surface area is 155 Å². The predicted molar refractivity (Wildman–Crippen MR) is 108 cm³/mol. The summed E-state index contributed by atoms with van der Waals surface area (Å²) in [6, 6.07) is 27.4. The second-order valence-electron chi connectivity index (χ2n) is 7.34. The molecule has 0 aliphatic carbocycles. The van der Waals surface area contributed by atoms with Crippen LogP contribution in [-0.4, -0.2) is 29.6 Å². The fraction of sp³-hybridized carbons (Fsp3) is 0.261. The van der Waals surface area contributed by atoms with Crippen molar-refractivity contribution >= 4 is 5.69 Å². The Morgan fingerprint density at radius 2 is 1.46 bits per heavy atom. The Hall–Kier alpha value is -2.65. The Morgan fingerprint density at radius 3 is 2.19 bits per heavy atom. The SMILES string of the molecule is CC(C)(c1cccc(-c2ccccc2)n1)N1CCN(c2ccccc2)C1. The highest BCUT2D eigenvalue weighted by atomic mass is 15.4. The molecule has 0 amide bonds. The summed E-state index contributed by atoms with van der Waals surface area (Å²) in [5.41, 5.74) is 4.49. The lowest BCUT2D eigenvalue weighted by atomic mass is 9.97. The zero-order valence-corrected chi connectivity index (χ0v) is 15.5. The van der Waals surface area contributed by atoms with E-state index in [1.54, 1.807) is 0 Å². The lowest BCUT2D eigenvalue weighted by Gasteiger charge is -2.35. The molecule has 26 heavy (non-hydrogen) atoms. The third-order valence-corrected chi connectivity index (χ3v) is 5.34. The van der Waals surface area contributed by atoms with E-state index >= 15 is 0 Å². The van der Waals surface area contributed by atoms with Gasteiger partial charge < -0.3 is 4.90 Å². The molecular weight excluding hydrogens is 318 g/mol. The normalized spacial score (nSPS) is 15.4. The van der Waals surface area contributed by atoms with Crippen molar-refractivity contribution in [2.24, 2.45) is 0 Å². The van der Waals surface area contributed by atoms with Gasteiger partial charge in [0, 0.05) is 24.3 Å². The highest BCUT2D eigenvalue weighted by Gasteiger charge is 2.35. The van der Waals surface area contributed by atoms with E-state index in [0.717, 1.165) is 36.7 Å². The molecular formula is C23H25N3. The van der Waals surface area contributed by atoms with Gasteiger partial charge >= 0.3 is 0 Å². The molecule has 2 heterocycles. The van der Waals surface area contributed by atoms with E-state index in [1.165, 1.54) is 5.69 Å². The summed E-state index contributed by atoms with van der Waals surface area (Å²) >= 11 is 0. The molecule has 1 saturated heterocycles. The van der Waals surface area contributed by atoms with Crippen molar-refractivity contribution in [3.63, 3.8) is 0 Å². The molecule has 3 aromatic rings. The molecule has 1 fully saturated rings. The van der Waals surface area contributed by atoms with Gasteiger partial charge in [0.15, 0.2) is 0 Å². The molecule has 0 N–H and O–H groups in total. The van der Waals surface area contributed by atoms with Gasteiger partial charge in [0.05, 0.1) is 23.6 Å². The fourth-order valence-electron chi connectivity index (χ4n) is 3.60. The van der Waals surface area contributed by atoms with Gasteiger partial charge in [0.25, 0.3) is 0 Å². The van der Waals surface area contributed by atoms with Gasteiger partial charge in [-0.15, -0.1) is 0 Å². The topological polar surface area (TPSA) is 19.4 Å². The number of pyridine rings is 1. The molecule has 0 saturated carbocycles. The van der Waals surface area contributed by atoms with Crippen molar-refractivity contribution in [3.05, 3.63) is 84.6 Å². The summed E-state index contributed by atoms with van der Waals surface area (Å²) in [6.07, 6.45) is 0. The molecule has 0 bridgehead atoms. The van der Waals surface area contributed by atoms with E-state index in [2.05, 4.69) is 96.4 Å². The summed E-state index contributed by atoms with van der Waals surface area (Å²) in [5, 5.41) is 0. The molecule has 132 valence electrons. The highest BCUT2D eigenvalue weighted by molar-refractivity contribution is 5.59. The van der Waals surface area contributed by atoms with E-state index < -0.39 is 0 Å². The quantitative estimate of drug-likeness (QED) is 0.681. The molecule has 1 aromatic heterocycles. The van der Waals surface area contributed by atoms with Crippen LogP contribution in [0.3, 0.4) is 0 Å².